The number of H-pyrrole nitrogens is 1. The summed E-state index contributed by atoms with van der Waals surface area (Å²) >= 11 is 0. The van der Waals surface area contributed by atoms with Gasteiger partial charge >= 0.3 is 5.69 Å². The molecule has 1 aromatic heterocycles. The Labute approximate surface area is 134 Å². The molecular weight excluding hydrogens is 325 g/mol. The maximum Gasteiger partial charge on any atom is 0.343 e. The van der Waals surface area contributed by atoms with Crippen LogP contribution in [0.2, 0.25) is 0 Å². The lowest BCUT2D eigenvalue weighted by molar-refractivity contribution is 0.0692. The number of hydrogen-bond acceptors (Lipinski definition) is 3. The molecule has 1 N–H and O–H groups in total. The van der Waals surface area contributed by atoms with Crippen LogP contribution in [0, 0.1) is 5.82 Å². The highest BCUT2D eigenvalue weighted by molar-refractivity contribution is 5.94. The Morgan fingerprint density at radius 3 is 2.54 bits per heavy atom. The van der Waals surface area contributed by atoms with E-state index < -0.39 is 23.7 Å². The van der Waals surface area contributed by atoms with Crippen molar-refractivity contribution in [3.05, 3.63) is 52.0 Å². The molecule has 9 heteroatoms. The Morgan fingerprint density at radius 2 is 2.00 bits per heavy atom. The molecule has 6 nitrogen and oxygen atoms in total. The van der Waals surface area contributed by atoms with Gasteiger partial charge in [-0.2, -0.15) is 5.10 Å². The molecule has 1 aliphatic heterocycles. The zero-order valence-electron chi connectivity index (χ0n) is 12.6. The van der Waals surface area contributed by atoms with Crippen LogP contribution < -0.4 is 5.69 Å². The number of carbonyl (C=O) groups excluding carboxylic acids is 1. The monoisotopic (exact) mass is 340 g/mol. The van der Waals surface area contributed by atoms with Gasteiger partial charge in [-0.1, -0.05) is 0 Å². The van der Waals surface area contributed by atoms with Gasteiger partial charge in [0.25, 0.3) is 12.3 Å². The molecule has 1 fully saturated rings. The van der Waals surface area contributed by atoms with Crippen molar-refractivity contribution in [3.8, 4) is 0 Å². The second kappa shape index (κ2) is 6.50. The fourth-order valence-corrected chi connectivity index (χ4v) is 2.88. The van der Waals surface area contributed by atoms with Crippen LogP contribution in [0.1, 0.15) is 41.2 Å². The Morgan fingerprint density at radius 1 is 1.29 bits per heavy atom. The fourth-order valence-electron chi connectivity index (χ4n) is 2.88. The topological polar surface area (TPSA) is 71.0 Å². The first-order valence-electron chi connectivity index (χ1n) is 7.45. The predicted molar refractivity (Wildman–Crippen MR) is 78.4 cm³/mol. The van der Waals surface area contributed by atoms with E-state index in [2.05, 4.69) is 10.2 Å². The lowest BCUT2D eigenvalue weighted by Gasteiger charge is -2.32. The van der Waals surface area contributed by atoms with Crippen LogP contribution in [0.4, 0.5) is 13.2 Å². The molecule has 0 spiro atoms. The second-order valence-electron chi connectivity index (χ2n) is 5.63. The van der Waals surface area contributed by atoms with Gasteiger partial charge in [-0.15, -0.1) is 0 Å². The molecule has 2 aromatic rings. The molecule has 2 heterocycles. The quantitative estimate of drug-likeness (QED) is 0.930. The van der Waals surface area contributed by atoms with Gasteiger partial charge in [-0.25, -0.2) is 23.1 Å². The van der Waals surface area contributed by atoms with Crippen LogP contribution in [-0.4, -0.2) is 38.7 Å². The number of rotatable bonds is 3. The highest BCUT2D eigenvalue weighted by atomic mass is 19.3. The standard InChI is InChI=1S/C15H15F3N4O2/c16-12-7-9(1-2-11(12)13(17)18)14(23)21-5-3-10(4-6-21)22-8-19-20-15(22)24/h1-2,7-8,10,13H,3-6H2,(H,20,24). The number of hydrogen-bond donors (Lipinski definition) is 1. The van der Waals surface area contributed by atoms with Crippen molar-refractivity contribution in [2.75, 3.05) is 13.1 Å². The number of nitrogens with zero attached hydrogens (tertiary/aromatic N) is 3. The van der Waals surface area contributed by atoms with Gasteiger partial charge in [0.2, 0.25) is 0 Å². The number of aromatic amines is 1. The SMILES string of the molecule is O=C(c1ccc(C(F)F)c(F)c1)N1CCC(n2cn[nH]c2=O)CC1. The smallest absolute Gasteiger partial charge is 0.338 e. The molecule has 0 unspecified atom stereocenters. The first kappa shape index (κ1) is 16.3. The van der Waals surface area contributed by atoms with Gasteiger partial charge in [-0.3, -0.25) is 9.36 Å². The largest absolute Gasteiger partial charge is 0.343 e. The van der Waals surface area contributed by atoms with Crippen LogP contribution >= 0.6 is 0 Å². The van der Waals surface area contributed by atoms with Crippen molar-refractivity contribution in [2.45, 2.75) is 25.3 Å². The molecule has 0 saturated carbocycles. The predicted octanol–water partition coefficient (Wildman–Crippen LogP) is 2.13. The van der Waals surface area contributed by atoms with Gasteiger partial charge in [0, 0.05) is 24.7 Å². The lowest BCUT2D eigenvalue weighted by Crippen LogP contribution is -2.40. The summed E-state index contributed by atoms with van der Waals surface area (Å²) in [5.41, 5.74) is -0.982. The number of likely N-dealkylation sites (tertiary alicyclic amines) is 1. The summed E-state index contributed by atoms with van der Waals surface area (Å²) in [5.74, 6) is -1.50. The molecule has 3 rings (SSSR count). The number of nitrogens with one attached hydrogen (secondary N) is 1. The summed E-state index contributed by atoms with van der Waals surface area (Å²) in [6.07, 6.45) is -0.382. The van der Waals surface area contributed by atoms with Crippen LogP contribution in [0.5, 0.6) is 0 Å². The number of halogens is 3. The highest BCUT2D eigenvalue weighted by Gasteiger charge is 2.26. The Balaban J connectivity index is 1.68. The fraction of sp³-hybridized carbons (Fsp3) is 0.400. The van der Waals surface area contributed by atoms with E-state index in [1.54, 1.807) is 0 Å². The highest BCUT2D eigenvalue weighted by Crippen LogP contribution is 2.25. The summed E-state index contributed by atoms with van der Waals surface area (Å²) in [5, 5.41) is 5.99. The first-order chi connectivity index (χ1) is 11.5. The van der Waals surface area contributed by atoms with Crippen molar-refractivity contribution in [3.63, 3.8) is 0 Å². The lowest BCUT2D eigenvalue weighted by atomic mass is 10.0. The van der Waals surface area contributed by atoms with Gasteiger partial charge in [0.15, 0.2) is 0 Å². The van der Waals surface area contributed by atoms with Crippen LogP contribution in [0.3, 0.4) is 0 Å². The van der Waals surface area contributed by atoms with Crippen molar-refractivity contribution in [1.29, 1.82) is 0 Å². The number of carbonyl (C=O) groups is 1. The molecule has 0 aliphatic carbocycles. The second-order valence-corrected chi connectivity index (χ2v) is 5.63. The third kappa shape index (κ3) is 3.06. The van der Waals surface area contributed by atoms with E-state index in [9.17, 15) is 22.8 Å². The van der Waals surface area contributed by atoms with E-state index in [1.807, 2.05) is 0 Å². The normalized spacial score (nSPS) is 15.9. The molecule has 1 amide bonds. The molecule has 1 aromatic carbocycles. The number of amides is 1. The van der Waals surface area contributed by atoms with E-state index in [-0.39, 0.29) is 17.3 Å². The number of alkyl halides is 2. The van der Waals surface area contributed by atoms with Crippen LogP contribution in [-0.2, 0) is 0 Å². The zero-order valence-corrected chi connectivity index (χ0v) is 12.6. The minimum absolute atomic E-state index is 0.0378. The summed E-state index contributed by atoms with van der Waals surface area (Å²) in [6, 6.07) is 2.93. The minimum Gasteiger partial charge on any atom is -0.338 e. The molecule has 1 aliphatic rings. The van der Waals surface area contributed by atoms with Gasteiger partial charge in [0.05, 0.1) is 5.56 Å². The molecule has 0 radical (unpaired) electrons. The average molecular weight is 340 g/mol. The van der Waals surface area contributed by atoms with E-state index in [1.165, 1.54) is 21.9 Å². The van der Waals surface area contributed by atoms with Crippen molar-refractivity contribution in [2.24, 2.45) is 0 Å². The molecule has 128 valence electrons. The maximum absolute atomic E-state index is 13.6. The minimum atomic E-state index is -2.92. The third-order valence-corrected chi connectivity index (χ3v) is 4.20. The van der Waals surface area contributed by atoms with E-state index >= 15 is 0 Å². The Bertz CT molecular complexity index is 794. The van der Waals surface area contributed by atoms with Crippen molar-refractivity contribution >= 4 is 5.91 Å². The van der Waals surface area contributed by atoms with E-state index in [4.69, 9.17) is 0 Å². The molecule has 0 bridgehead atoms. The summed E-state index contributed by atoms with van der Waals surface area (Å²) in [7, 11) is 0. The molecule has 24 heavy (non-hydrogen) atoms. The van der Waals surface area contributed by atoms with Crippen LogP contribution in [0.25, 0.3) is 0 Å². The van der Waals surface area contributed by atoms with Crippen molar-refractivity contribution in [1.82, 2.24) is 19.7 Å². The van der Waals surface area contributed by atoms with E-state index in [0.29, 0.717) is 25.9 Å². The summed E-state index contributed by atoms with van der Waals surface area (Å²) in [6.45, 7) is 0.776. The number of aromatic nitrogens is 3. The van der Waals surface area contributed by atoms with Crippen molar-refractivity contribution < 1.29 is 18.0 Å². The van der Waals surface area contributed by atoms with Crippen LogP contribution in [0.15, 0.2) is 29.3 Å². The van der Waals surface area contributed by atoms with Gasteiger partial charge in [-0.05, 0) is 31.0 Å². The van der Waals surface area contributed by atoms with Gasteiger partial charge in [0.1, 0.15) is 12.1 Å². The first-order valence-corrected chi connectivity index (χ1v) is 7.45. The summed E-state index contributed by atoms with van der Waals surface area (Å²) in [4.78, 5) is 25.4. The zero-order chi connectivity index (χ0) is 17.3. The Kier molecular flexibility index (Phi) is 4.41. The maximum atomic E-state index is 13.6. The molecule has 0 atom stereocenters. The van der Waals surface area contributed by atoms with Gasteiger partial charge < -0.3 is 4.90 Å². The number of piperidine rings is 1. The Hall–Kier alpha value is -2.58. The number of benzene rings is 1. The van der Waals surface area contributed by atoms with E-state index in [0.717, 1.165) is 12.1 Å². The average Bonchev–Trinajstić information content (AvgIpc) is 3.00. The third-order valence-electron chi connectivity index (χ3n) is 4.20. The molecule has 1 saturated heterocycles. The molecular formula is C15H15F3N4O2. The summed E-state index contributed by atoms with van der Waals surface area (Å²) < 4.78 is 40.2.